The largest absolute Gasteiger partial charge is 0.416 e. The number of hydrogen-bond acceptors (Lipinski definition) is 3. The fourth-order valence-corrected chi connectivity index (χ4v) is 3.11. The molecule has 24 heavy (non-hydrogen) atoms. The van der Waals surface area contributed by atoms with Gasteiger partial charge in [0.15, 0.2) is 0 Å². The Morgan fingerprint density at radius 2 is 1.96 bits per heavy atom. The van der Waals surface area contributed by atoms with Crippen LogP contribution >= 0.6 is 0 Å². The van der Waals surface area contributed by atoms with Crippen molar-refractivity contribution in [2.45, 2.75) is 31.6 Å². The van der Waals surface area contributed by atoms with Crippen molar-refractivity contribution in [2.24, 2.45) is 7.05 Å². The van der Waals surface area contributed by atoms with Crippen LogP contribution in [0.4, 0.5) is 18.9 Å². The van der Waals surface area contributed by atoms with Gasteiger partial charge in [-0.15, -0.1) is 0 Å². The van der Waals surface area contributed by atoms with E-state index in [2.05, 4.69) is 22.2 Å². The van der Waals surface area contributed by atoms with Crippen molar-refractivity contribution in [3.8, 4) is 0 Å². The van der Waals surface area contributed by atoms with Crippen LogP contribution in [0.2, 0.25) is 0 Å². The summed E-state index contributed by atoms with van der Waals surface area (Å²) in [6.45, 7) is 3.72. The molecule has 0 unspecified atom stereocenters. The number of benzene rings is 1. The van der Waals surface area contributed by atoms with Gasteiger partial charge in [-0.2, -0.15) is 18.3 Å². The summed E-state index contributed by atoms with van der Waals surface area (Å²) in [5.41, 5.74) is 1.36. The molecule has 1 aliphatic rings. The monoisotopic (exact) mass is 338 g/mol. The maximum absolute atomic E-state index is 12.6. The zero-order valence-corrected chi connectivity index (χ0v) is 13.7. The van der Waals surface area contributed by atoms with E-state index in [0.29, 0.717) is 6.04 Å². The lowest BCUT2D eigenvalue weighted by Gasteiger charge is -2.21. The van der Waals surface area contributed by atoms with E-state index in [1.165, 1.54) is 0 Å². The van der Waals surface area contributed by atoms with Gasteiger partial charge in [0.25, 0.3) is 0 Å². The number of aromatic nitrogens is 2. The molecule has 2 heterocycles. The van der Waals surface area contributed by atoms with Gasteiger partial charge in [-0.05, 0) is 37.6 Å². The fraction of sp³-hybridized carbons (Fsp3) is 0.471. The Labute approximate surface area is 139 Å². The molecule has 1 aromatic heterocycles. The molecule has 4 nitrogen and oxygen atoms in total. The van der Waals surface area contributed by atoms with Gasteiger partial charge in [-0.3, -0.25) is 4.68 Å². The molecule has 3 rings (SSSR count). The lowest BCUT2D eigenvalue weighted by atomic mass is 10.1. The Morgan fingerprint density at radius 3 is 2.54 bits per heavy atom. The number of alkyl halides is 3. The standard InChI is InChI=1S/C17H21F3N4/c1-12(13-9-21-23(2)10-13)22-15-7-8-24(11-15)16-5-3-14(4-6-16)17(18,19)20/h3-6,9-10,12,15,22H,7-8,11H2,1-2H3/t12-,15+/m1/s1. The average Bonchev–Trinajstić information content (AvgIpc) is 3.16. The second-order valence-corrected chi connectivity index (χ2v) is 6.31. The lowest BCUT2D eigenvalue weighted by Crippen LogP contribution is -2.34. The zero-order chi connectivity index (χ0) is 17.3. The van der Waals surface area contributed by atoms with Crippen LogP contribution in [0.5, 0.6) is 0 Å². The van der Waals surface area contributed by atoms with Gasteiger partial charge in [0.1, 0.15) is 0 Å². The van der Waals surface area contributed by atoms with Gasteiger partial charge in [-0.25, -0.2) is 0 Å². The first-order valence-corrected chi connectivity index (χ1v) is 8.00. The molecular weight excluding hydrogens is 317 g/mol. The van der Waals surface area contributed by atoms with Gasteiger partial charge < -0.3 is 10.2 Å². The molecule has 0 aliphatic carbocycles. The Hall–Kier alpha value is -2.02. The molecule has 130 valence electrons. The second-order valence-electron chi connectivity index (χ2n) is 6.31. The van der Waals surface area contributed by atoms with E-state index >= 15 is 0 Å². The van der Waals surface area contributed by atoms with E-state index in [0.717, 1.165) is 42.9 Å². The smallest absolute Gasteiger partial charge is 0.370 e. The number of nitrogens with zero attached hydrogens (tertiary/aromatic N) is 3. The highest BCUT2D eigenvalue weighted by Crippen LogP contribution is 2.31. The van der Waals surface area contributed by atoms with Crippen LogP contribution in [0.15, 0.2) is 36.7 Å². The first-order chi connectivity index (χ1) is 11.3. The molecular formula is C17H21F3N4. The van der Waals surface area contributed by atoms with Crippen LogP contribution in [-0.4, -0.2) is 28.9 Å². The maximum Gasteiger partial charge on any atom is 0.416 e. The minimum atomic E-state index is -4.28. The summed E-state index contributed by atoms with van der Waals surface area (Å²) in [6.07, 6.45) is 0.513. The minimum absolute atomic E-state index is 0.191. The third kappa shape index (κ3) is 3.72. The number of nitrogens with one attached hydrogen (secondary N) is 1. The number of rotatable bonds is 4. The molecule has 2 atom stereocenters. The highest BCUT2D eigenvalue weighted by Gasteiger charge is 2.31. The van der Waals surface area contributed by atoms with Crippen molar-refractivity contribution >= 4 is 5.69 Å². The lowest BCUT2D eigenvalue weighted by molar-refractivity contribution is -0.137. The first-order valence-electron chi connectivity index (χ1n) is 8.00. The number of hydrogen-bond donors (Lipinski definition) is 1. The van der Waals surface area contributed by atoms with Crippen molar-refractivity contribution in [2.75, 3.05) is 18.0 Å². The van der Waals surface area contributed by atoms with Gasteiger partial charge in [0, 0.05) is 49.7 Å². The molecule has 1 saturated heterocycles. The van der Waals surface area contributed by atoms with Crippen LogP contribution < -0.4 is 10.2 Å². The third-order valence-corrected chi connectivity index (χ3v) is 4.46. The van der Waals surface area contributed by atoms with E-state index in [4.69, 9.17) is 0 Å². The van der Waals surface area contributed by atoms with Gasteiger partial charge in [0.05, 0.1) is 11.8 Å². The van der Waals surface area contributed by atoms with E-state index in [1.54, 1.807) is 16.8 Å². The van der Waals surface area contributed by atoms with Crippen LogP contribution in [0.25, 0.3) is 0 Å². The fourth-order valence-electron chi connectivity index (χ4n) is 3.11. The highest BCUT2D eigenvalue weighted by molar-refractivity contribution is 5.49. The van der Waals surface area contributed by atoms with Gasteiger partial charge in [-0.1, -0.05) is 0 Å². The normalized spacial score (nSPS) is 19.7. The van der Waals surface area contributed by atoms with Crippen LogP contribution in [0, 0.1) is 0 Å². The minimum Gasteiger partial charge on any atom is -0.370 e. The highest BCUT2D eigenvalue weighted by atomic mass is 19.4. The molecule has 1 N–H and O–H groups in total. The van der Waals surface area contributed by atoms with E-state index in [9.17, 15) is 13.2 Å². The summed E-state index contributed by atoms with van der Waals surface area (Å²) < 4.78 is 39.7. The second kappa shape index (κ2) is 6.47. The number of anilines is 1. The number of aryl methyl sites for hydroxylation is 1. The molecule has 0 amide bonds. The van der Waals surface area contributed by atoms with Crippen molar-refractivity contribution in [1.82, 2.24) is 15.1 Å². The van der Waals surface area contributed by atoms with Crippen molar-refractivity contribution in [3.05, 3.63) is 47.8 Å². The van der Waals surface area contributed by atoms with Crippen molar-refractivity contribution < 1.29 is 13.2 Å². The summed E-state index contributed by atoms with van der Waals surface area (Å²) in [6, 6.07) is 5.90. The summed E-state index contributed by atoms with van der Waals surface area (Å²) in [5, 5.41) is 7.75. The SMILES string of the molecule is C[C@@H](N[C@H]1CCN(c2ccc(C(F)(F)F)cc2)C1)c1cnn(C)c1. The molecule has 2 aromatic rings. The summed E-state index contributed by atoms with van der Waals surface area (Å²) in [5.74, 6) is 0. The molecule has 0 saturated carbocycles. The molecule has 1 aliphatic heterocycles. The molecule has 0 spiro atoms. The third-order valence-electron chi connectivity index (χ3n) is 4.46. The van der Waals surface area contributed by atoms with Crippen LogP contribution in [-0.2, 0) is 13.2 Å². The van der Waals surface area contributed by atoms with E-state index in [1.807, 2.05) is 19.4 Å². The first kappa shape index (κ1) is 16.8. The maximum atomic E-state index is 12.6. The van der Waals surface area contributed by atoms with Gasteiger partial charge >= 0.3 is 6.18 Å². The van der Waals surface area contributed by atoms with Crippen LogP contribution in [0.1, 0.15) is 30.5 Å². The van der Waals surface area contributed by atoms with Crippen molar-refractivity contribution in [3.63, 3.8) is 0 Å². The Bertz CT molecular complexity index is 678. The van der Waals surface area contributed by atoms with E-state index < -0.39 is 11.7 Å². The Morgan fingerprint density at radius 1 is 1.25 bits per heavy atom. The topological polar surface area (TPSA) is 33.1 Å². The molecule has 0 bridgehead atoms. The Balaban J connectivity index is 1.59. The summed E-state index contributed by atoms with van der Waals surface area (Å²) in [7, 11) is 1.89. The molecule has 1 aromatic carbocycles. The van der Waals surface area contributed by atoms with Gasteiger partial charge in [0.2, 0.25) is 0 Å². The summed E-state index contributed by atoms with van der Waals surface area (Å²) >= 11 is 0. The van der Waals surface area contributed by atoms with Crippen LogP contribution in [0.3, 0.4) is 0 Å². The molecule has 7 heteroatoms. The molecule has 0 radical (unpaired) electrons. The predicted molar refractivity (Wildman–Crippen MR) is 86.8 cm³/mol. The van der Waals surface area contributed by atoms with E-state index in [-0.39, 0.29) is 6.04 Å². The predicted octanol–water partition coefficient (Wildman–Crippen LogP) is 3.37. The van der Waals surface area contributed by atoms with Crippen molar-refractivity contribution in [1.29, 1.82) is 0 Å². The quantitative estimate of drug-likeness (QED) is 0.928. The number of halogens is 3. The summed E-state index contributed by atoms with van der Waals surface area (Å²) in [4.78, 5) is 2.12. The zero-order valence-electron chi connectivity index (χ0n) is 13.7. The Kier molecular flexibility index (Phi) is 4.54. The average molecular weight is 338 g/mol. The molecule has 1 fully saturated rings.